The fourth-order valence-electron chi connectivity index (χ4n) is 3.21. The Kier molecular flexibility index (Phi) is 5.21. The van der Waals surface area contributed by atoms with Crippen LogP contribution >= 0.6 is 0 Å². The second kappa shape index (κ2) is 6.92. The lowest BCUT2D eigenvalue weighted by Crippen LogP contribution is -2.37. The van der Waals surface area contributed by atoms with Crippen molar-refractivity contribution in [3.63, 3.8) is 0 Å². The fraction of sp³-hybridized carbons (Fsp3) is 0.647. The highest BCUT2D eigenvalue weighted by Gasteiger charge is 2.21. The maximum absolute atomic E-state index is 12.6. The van der Waals surface area contributed by atoms with Crippen LogP contribution in [0.1, 0.15) is 60.8 Å². The number of nitrogens with zero attached hydrogens (tertiary/aromatic N) is 2. The number of hydrogen-bond donors (Lipinski definition) is 0. The highest BCUT2D eigenvalue weighted by atomic mass is 16.2. The van der Waals surface area contributed by atoms with Crippen LogP contribution < -0.4 is 0 Å². The normalized spacial score (nSPS) is 16.7. The quantitative estimate of drug-likeness (QED) is 0.800. The zero-order chi connectivity index (χ0) is 15.4. The van der Waals surface area contributed by atoms with E-state index in [1.165, 1.54) is 0 Å². The minimum Gasteiger partial charge on any atom is -0.349 e. The topological polar surface area (TPSA) is 42.3 Å². The summed E-state index contributed by atoms with van der Waals surface area (Å²) in [7, 11) is 0. The number of likely N-dealkylation sites (tertiary alicyclic amines) is 1. The van der Waals surface area contributed by atoms with Gasteiger partial charge in [-0.25, -0.2) is 0 Å². The highest BCUT2D eigenvalue weighted by Crippen LogP contribution is 2.17. The van der Waals surface area contributed by atoms with Gasteiger partial charge in [0.2, 0.25) is 5.91 Å². The molecule has 0 bridgehead atoms. The third kappa shape index (κ3) is 3.55. The average Bonchev–Trinajstić information content (AvgIpc) is 2.73. The fourth-order valence-corrected chi connectivity index (χ4v) is 3.21. The second-order valence-electron chi connectivity index (χ2n) is 5.93. The first-order valence-corrected chi connectivity index (χ1v) is 8.02. The van der Waals surface area contributed by atoms with E-state index in [1.54, 1.807) is 4.90 Å². The van der Waals surface area contributed by atoms with Gasteiger partial charge in [0.1, 0.15) is 0 Å². The van der Waals surface area contributed by atoms with Crippen LogP contribution in [0.2, 0.25) is 0 Å². The van der Waals surface area contributed by atoms with Crippen LogP contribution in [0.4, 0.5) is 0 Å². The Hall–Kier alpha value is -1.58. The van der Waals surface area contributed by atoms with Gasteiger partial charge < -0.3 is 9.47 Å². The van der Waals surface area contributed by atoms with Crippen molar-refractivity contribution < 1.29 is 9.59 Å². The molecule has 1 aliphatic rings. The SMILES string of the molecule is CCn1c(C)cc(C(=O)CN2CCCCCCC2=O)c1C. The number of ketones is 1. The van der Waals surface area contributed by atoms with E-state index in [-0.39, 0.29) is 18.2 Å². The Morgan fingerprint density at radius 2 is 1.90 bits per heavy atom. The molecule has 21 heavy (non-hydrogen) atoms. The van der Waals surface area contributed by atoms with Gasteiger partial charge >= 0.3 is 0 Å². The summed E-state index contributed by atoms with van der Waals surface area (Å²) < 4.78 is 2.14. The number of Topliss-reactive ketones (excluding diaryl/α,β-unsaturated/α-hetero) is 1. The van der Waals surface area contributed by atoms with Crippen molar-refractivity contribution >= 4 is 11.7 Å². The standard InChI is InChI=1S/C17H26N2O2/c1-4-19-13(2)11-15(14(19)3)16(20)12-18-10-8-6-5-7-9-17(18)21/h11H,4-10,12H2,1-3H3. The van der Waals surface area contributed by atoms with Crippen molar-refractivity contribution in [2.24, 2.45) is 0 Å². The summed E-state index contributed by atoms with van der Waals surface area (Å²) in [6.45, 7) is 7.90. The molecule has 1 aliphatic heterocycles. The monoisotopic (exact) mass is 290 g/mol. The molecule has 4 heteroatoms. The molecule has 0 aliphatic carbocycles. The number of amides is 1. The number of rotatable bonds is 4. The van der Waals surface area contributed by atoms with E-state index in [4.69, 9.17) is 0 Å². The molecule has 0 unspecified atom stereocenters. The van der Waals surface area contributed by atoms with E-state index in [9.17, 15) is 9.59 Å². The smallest absolute Gasteiger partial charge is 0.222 e. The van der Waals surface area contributed by atoms with Gasteiger partial charge in [0, 0.05) is 36.5 Å². The average molecular weight is 290 g/mol. The number of aryl methyl sites for hydroxylation is 1. The van der Waals surface area contributed by atoms with Gasteiger partial charge in [0.25, 0.3) is 0 Å². The Balaban J connectivity index is 2.11. The molecule has 1 aromatic heterocycles. The minimum absolute atomic E-state index is 0.0664. The van der Waals surface area contributed by atoms with Crippen molar-refractivity contribution in [1.29, 1.82) is 0 Å². The van der Waals surface area contributed by atoms with Gasteiger partial charge in [-0.1, -0.05) is 12.8 Å². The third-order valence-electron chi connectivity index (χ3n) is 4.45. The molecule has 2 rings (SSSR count). The van der Waals surface area contributed by atoms with Gasteiger partial charge in [-0.05, 0) is 39.7 Å². The van der Waals surface area contributed by atoms with Crippen molar-refractivity contribution in [3.8, 4) is 0 Å². The van der Waals surface area contributed by atoms with Crippen LogP contribution in [0.5, 0.6) is 0 Å². The van der Waals surface area contributed by atoms with E-state index in [2.05, 4.69) is 11.5 Å². The maximum Gasteiger partial charge on any atom is 0.222 e. The van der Waals surface area contributed by atoms with E-state index in [0.29, 0.717) is 6.42 Å². The molecular formula is C17H26N2O2. The van der Waals surface area contributed by atoms with Gasteiger partial charge in [0.15, 0.2) is 5.78 Å². The molecule has 4 nitrogen and oxygen atoms in total. The summed E-state index contributed by atoms with van der Waals surface area (Å²) in [5.74, 6) is 0.198. The van der Waals surface area contributed by atoms with Crippen LogP contribution in [0.25, 0.3) is 0 Å². The van der Waals surface area contributed by atoms with Gasteiger partial charge in [-0.3, -0.25) is 9.59 Å². The summed E-state index contributed by atoms with van der Waals surface area (Å²) in [4.78, 5) is 26.4. The molecule has 1 aromatic rings. The summed E-state index contributed by atoms with van der Waals surface area (Å²) in [5, 5.41) is 0. The Bertz CT molecular complexity index is 531. The molecular weight excluding hydrogens is 264 g/mol. The van der Waals surface area contributed by atoms with Crippen LogP contribution in [0.3, 0.4) is 0 Å². The lowest BCUT2D eigenvalue weighted by molar-refractivity contribution is -0.131. The van der Waals surface area contributed by atoms with Crippen molar-refractivity contribution in [3.05, 3.63) is 23.0 Å². The lowest BCUT2D eigenvalue weighted by Gasteiger charge is -2.24. The third-order valence-corrected chi connectivity index (χ3v) is 4.45. The van der Waals surface area contributed by atoms with Crippen molar-refractivity contribution in [1.82, 2.24) is 9.47 Å². The lowest BCUT2D eigenvalue weighted by atomic mass is 10.1. The molecule has 0 spiro atoms. The molecule has 0 saturated carbocycles. The van der Waals surface area contributed by atoms with Crippen molar-refractivity contribution in [2.45, 2.75) is 59.4 Å². The Morgan fingerprint density at radius 3 is 2.57 bits per heavy atom. The van der Waals surface area contributed by atoms with Crippen LogP contribution in [0.15, 0.2) is 6.07 Å². The van der Waals surface area contributed by atoms with E-state index < -0.39 is 0 Å². The number of carbonyl (C=O) groups excluding carboxylic acids is 2. The van der Waals surface area contributed by atoms with Crippen molar-refractivity contribution in [2.75, 3.05) is 13.1 Å². The molecule has 0 radical (unpaired) electrons. The summed E-state index contributed by atoms with van der Waals surface area (Å²) in [5.41, 5.74) is 2.89. The van der Waals surface area contributed by atoms with E-state index in [0.717, 1.165) is 55.7 Å². The molecule has 0 atom stereocenters. The molecule has 1 fully saturated rings. The number of aromatic nitrogens is 1. The number of carbonyl (C=O) groups is 2. The first-order chi connectivity index (χ1) is 10.0. The maximum atomic E-state index is 12.6. The second-order valence-corrected chi connectivity index (χ2v) is 5.93. The molecule has 1 amide bonds. The summed E-state index contributed by atoms with van der Waals surface area (Å²) in [6, 6.07) is 1.95. The van der Waals surface area contributed by atoms with E-state index in [1.807, 2.05) is 19.9 Å². The van der Waals surface area contributed by atoms with Crippen LogP contribution in [0, 0.1) is 13.8 Å². The van der Waals surface area contributed by atoms with Crippen LogP contribution in [-0.2, 0) is 11.3 Å². The first-order valence-electron chi connectivity index (χ1n) is 8.02. The van der Waals surface area contributed by atoms with Gasteiger partial charge in [-0.15, -0.1) is 0 Å². The first kappa shape index (κ1) is 15.8. The molecule has 0 N–H and O–H groups in total. The molecule has 0 aromatic carbocycles. The minimum atomic E-state index is 0.0664. The summed E-state index contributed by atoms with van der Waals surface area (Å²) in [6.07, 6.45) is 4.83. The van der Waals surface area contributed by atoms with Gasteiger partial charge in [0.05, 0.1) is 6.54 Å². The predicted molar refractivity (Wildman–Crippen MR) is 83.6 cm³/mol. The zero-order valence-electron chi connectivity index (χ0n) is 13.4. The molecule has 116 valence electrons. The van der Waals surface area contributed by atoms with Crippen LogP contribution in [-0.4, -0.2) is 34.2 Å². The molecule has 2 heterocycles. The van der Waals surface area contributed by atoms with E-state index >= 15 is 0 Å². The highest BCUT2D eigenvalue weighted by molar-refractivity contribution is 6.00. The van der Waals surface area contributed by atoms with Gasteiger partial charge in [-0.2, -0.15) is 0 Å². The predicted octanol–water partition coefficient (Wildman–Crippen LogP) is 3.10. The number of hydrogen-bond acceptors (Lipinski definition) is 2. The summed E-state index contributed by atoms with van der Waals surface area (Å²) >= 11 is 0. The molecule has 1 saturated heterocycles. The zero-order valence-corrected chi connectivity index (χ0v) is 13.4. The Labute approximate surface area is 127 Å². The Morgan fingerprint density at radius 1 is 1.19 bits per heavy atom. The largest absolute Gasteiger partial charge is 0.349 e.